The average molecular weight is 277 g/mol. The zero-order valence-corrected chi connectivity index (χ0v) is 10.3. The molecule has 0 aromatic carbocycles. The van der Waals surface area contributed by atoms with Crippen molar-refractivity contribution in [1.29, 1.82) is 0 Å². The highest BCUT2D eigenvalue weighted by Crippen LogP contribution is 2.21. The van der Waals surface area contributed by atoms with Gasteiger partial charge in [0.25, 0.3) is 0 Å². The quantitative estimate of drug-likeness (QED) is 0.852. The predicted molar refractivity (Wildman–Crippen MR) is 59.5 cm³/mol. The van der Waals surface area contributed by atoms with Crippen LogP contribution < -0.4 is 0 Å². The second-order valence-electron chi connectivity index (χ2n) is 3.48. The lowest BCUT2D eigenvalue weighted by atomic mass is 10.1. The lowest BCUT2D eigenvalue weighted by Gasteiger charge is -2.21. The Morgan fingerprint density at radius 3 is 3.00 bits per heavy atom. The monoisotopic (exact) mass is 276 g/mol. The first-order valence-corrected chi connectivity index (χ1v) is 6.55. The SMILES string of the molecule is Brc1nnc(CCC2CCCCO2)s1. The molecule has 1 aromatic heterocycles. The fourth-order valence-corrected chi connectivity index (χ4v) is 2.87. The number of aryl methyl sites for hydroxylation is 1. The highest BCUT2D eigenvalue weighted by molar-refractivity contribution is 9.11. The van der Waals surface area contributed by atoms with E-state index in [2.05, 4.69) is 26.1 Å². The molecule has 1 fully saturated rings. The normalized spacial score (nSPS) is 22.5. The van der Waals surface area contributed by atoms with Gasteiger partial charge >= 0.3 is 0 Å². The van der Waals surface area contributed by atoms with Crippen LogP contribution in [0.1, 0.15) is 30.7 Å². The molecule has 0 bridgehead atoms. The molecular formula is C9H13BrN2OS. The van der Waals surface area contributed by atoms with Crippen LogP contribution in [-0.4, -0.2) is 22.9 Å². The molecule has 1 aliphatic rings. The number of rotatable bonds is 3. The Morgan fingerprint density at radius 2 is 2.36 bits per heavy atom. The van der Waals surface area contributed by atoms with Crippen molar-refractivity contribution in [2.45, 2.75) is 38.2 Å². The minimum atomic E-state index is 0.450. The molecule has 2 rings (SSSR count). The van der Waals surface area contributed by atoms with E-state index < -0.39 is 0 Å². The summed E-state index contributed by atoms with van der Waals surface area (Å²) in [5.74, 6) is 0. The molecule has 5 heteroatoms. The maximum atomic E-state index is 5.65. The number of halogens is 1. The predicted octanol–water partition coefficient (Wildman–Crippen LogP) is 2.80. The fourth-order valence-electron chi connectivity index (χ4n) is 1.65. The Hall–Kier alpha value is -0.0000000000000000555. The van der Waals surface area contributed by atoms with Gasteiger partial charge in [0.05, 0.1) is 6.10 Å². The molecule has 0 aliphatic carbocycles. The van der Waals surface area contributed by atoms with Crippen LogP contribution in [0.4, 0.5) is 0 Å². The maximum Gasteiger partial charge on any atom is 0.183 e. The lowest BCUT2D eigenvalue weighted by Crippen LogP contribution is -2.19. The second-order valence-corrected chi connectivity index (χ2v) is 5.81. The van der Waals surface area contributed by atoms with Crippen molar-refractivity contribution in [2.75, 3.05) is 6.61 Å². The first-order valence-electron chi connectivity index (χ1n) is 4.94. The van der Waals surface area contributed by atoms with E-state index in [1.807, 2.05) is 0 Å². The van der Waals surface area contributed by atoms with Crippen LogP contribution in [0.15, 0.2) is 3.92 Å². The largest absolute Gasteiger partial charge is 0.378 e. The van der Waals surface area contributed by atoms with Crippen molar-refractivity contribution in [1.82, 2.24) is 10.2 Å². The van der Waals surface area contributed by atoms with Gasteiger partial charge in [-0.1, -0.05) is 11.3 Å². The minimum Gasteiger partial charge on any atom is -0.378 e. The summed E-state index contributed by atoms with van der Waals surface area (Å²) in [6.45, 7) is 0.935. The zero-order chi connectivity index (χ0) is 9.80. The van der Waals surface area contributed by atoms with Crippen LogP contribution >= 0.6 is 27.3 Å². The molecule has 14 heavy (non-hydrogen) atoms. The third-order valence-electron chi connectivity index (χ3n) is 2.40. The number of ether oxygens (including phenoxy) is 1. The highest BCUT2D eigenvalue weighted by atomic mass is 79.9. The van der Waals surface area contributed by atoms with Crippen molar-refractivity contribution in [3.8, 4) is 0 Å². The first kappa shape index (κ1) is 10.5. The van der Waals surface area contributed by atoms with Gasteiger partial charge < -0.3 is 4.74 Å². The number of aromatic nitrogens is 2. The molecule has 1 aromatic rings. The molecule has 0 amide bonds. The summed E-state index contributed by atoms with van der Waals surface area (Å²) in [4.78, 5) is 0. The molecule has 1 saturated heterocycles. The highest BCUT2D eigenvalue weighted by Gasteiger charge is 2.14. The summed E-state index contributed by atoms with van der Waals surface area (Å²) in [5, 5.41) is 9.09. The Morgan fingerprint density at radius 1 is 1.43 bits per heavy atom. The molecule has 0 spiro atoms. The number of hydrogen-bond donors (Lipinski definition) is 0. The van der Waals surface area contributed by atoms with Crippen LogP contribution in [0.25, 0.3) is 0 Å². The van der Waals surface area contributed by atoms with Gasteiger partial charge in [0.1, 0.15) is 5.01 Å². The fraction of sp³-hybridized carbons (Fsp3) is 0.778. The Balaban J connectivity index is 1.76. The standard InChI is InChI=1S/C9H13BrN2OS/c10-9-12-11-8(14-9)5-4-7-3-1-2-6-13-7/h7H,1-6H2. The van der Waals surface area contributed by atoms with Crippen molar-refractivity contribution < 1.29 is 4.74 Å². The molecule has 1 atom stereocenters. The Bertz CT molecular complexity index is 286. The molecule has 3 nitrogen and oxygen atoms in total. The van der Waals surface area contributed by atoms with Crippen molar-refractivity contribution in [3.05, 3.63) is 8.92 Å². The second kappa shape index (κ2) is 5.19. The van der Waals surface area contributed by atoms with E-state index in [9.17, 15) is 0 Å². The number of nitrogens with zero attached hydrogens (tertiary/aromatic N) is 2. The third-order valence-corrected chi connectivity index (χ3v) is 3.81. The first-order chi connectivity index (χ1) is 6.84. The van der Waals surface area contributed by atoms with Gasteiger partial charge in [-0.25, -0.2) is 0 Å². The topological polar surface area (TPSA) is 35.0 Å². The molecule has 2 heterocycles. The summed E-state index contributed by atoms with van der Waals surface area (Å²) in [7, 11) is 0. The van der Waals surface area contributed by atoms with Gasteiger partial charge in [-0.2, -0.15) is 0 Å². The molecule has 0 radical (unpaired) electrons. The van der Waals surface area contributed by atoms with Gasteiger partial charge in [-0.15, -0.1) is 10.2 Å². The maximum absolute atomic E-state index is 5.65. The molecule has 78 valence electrons. The van der Waals surface area contributed by atoms with E-state index in [1.165, 1.54) is 19.3 Å². The Labute approximate surface area is 96.0 Å². The smallest absolute Gasteiger partial charge is 0.183 e. The van der Waals surface area contributed by atoms with E-state index in [1.54, 1.807) is 11.3 Å². The molecule has 0 N–H and O–H groups in total. The van der Waals surface area contributed by atoms with E-state index in [0.717, 1.165) is 28.4 Å². The van der Waals surface area contributed by atoms with Crippen LogP contribution in [0.2, 0.25) is 0 Å². The summed E-state index contributed by atoms with van der Waals surface area (Å²) in [6, 6.07) is 0. The van der Waals surface area contributed by atoms with Gasteiger partial charge in [0.15, 0.2) is 3.92 Å². The van der Waals surface area contributed by atoms with Crippen LogP contribution in [-0.2, 0) is 11.2 Å². The van der Waals surface area contributed by atoms with E-state index in [0.29, 0.717) is 6.10 Å². The van der Waals surface area contributed by atoms with E-state index >= 15 is 0 Å². The minimum absolute atomic E-state index is 0.450. The van der Waals surface area contributed by atoms with Gasteiger partial charge in [-0.3, -0.25) is 0 Å². The molecule has 1 unspecified atom stereocenters. The molecular weight excluding hydrogens is 264 g/mol. The Kier molecular flexibility index (Phi) is 3.89. The lowest BCUT2D eigenvalue weighted by molar-refractivity contribution is 0.0115. The molecule has 0 saturated carbocycles. The zero-order valence-electron chi connectivity index (χ0n) is 7.91. The van der Waals surface area contributed by atoms with Crippen LogP contribution in [0, 0.1) is 0 Å². The van der Waals surface area contributed by atoms with Crippen molar-refractivity contribution in [3.63, 3.8) is 0 Å². The summed E-state index contributed by atoms with van der Waals surface area (Å²) >= 11 is 4.93. The van der Waals surface area contributed by atoms with Crippen molar-refractivity contribution >= 4 is 27.3 Å². The van der Waals surface area contributed by atoms with Gasteiger partial charge in [0.2, 0.25) is 0 Å². The molecule has 1 aliphatic heterocycles. The summed E-state index contributed by atoms with van der Waals surface area (Å²) < 4.78 is 6.52. The van der Waals surface area contributed by atoms with Crippen molar-refractivity contribution in [2.24, 2.45) is 0 Å². The van der Waals surface area contributed by atoms with Gasteiger partial charge in [0, 0.05) is 13.0 Å². The average Bonchev–Trinajstić information content (AvgIpc) is 2.63. The van der Waals surface area contributed by atoms with E-state index in [-0.39, 0.29) is 0 Å². The van der Waals surface area contributed by atoms with Gasteiger partial charge in [-0.05, 0) is 41.6 Å². The third kappa shape index (κ3) is 3.00. The summed E-state index contributed by atoms with van der Waals surface area (Å²) in [6.07, 6.45) is 6.27. The van der Waals surface area contributed by atoms with Crippen LogP contribution in [0.5, 0.6) is 0 Å². The number of hydrogen-bond acceptors (Lipinski definition) is 4. The van der Waals surface area contributed by atoms with Crippen LogP contribution in [0.3, 0.4) is 0 Å². The summed E-state index contributed by atoms with van der Waals surface area (Å²) in [5.41, 5.74) is 0. The van der Waals surface area contributed by atoms with E-state index in [4.69, 9.17) is 4.74 Å².